The average Bonchev–Trinajstić information content (AvgIpc) is 2.73. The summed E-state index contributed by atoms with van der Waals surface area (Å²) < 4.78 is 23.8. The van der Waals surface area contributed by atoms with Crippen molar-refractivity contribution in [2.45, 2.75) is 6.61 Å². The predicted octanol–water partition coefficient (Wildman–Crippen LogP) is 4.85. The van der Waals surface area contributed by atoms with Crippen molar-refractivity contribution in [3.05, 3.63) is 94.8 Å². The standard InChI is InChI=1S/C22H17ClFNO4/c23-19-12-16(24)10-11-20(19)25-21(26)14-29-22(27)18-9-5-4-6-15(18)13-28-17-7-2-1-3-8-17/h1-12H,13-14H2,(H,25,26). The van der Waals surface area contributed by atoms with Gasteiger partial charge in [0.2, 0.25) is 0 Å². The van der Waals surface area contributed by atoms with Gasteiger partial charge in [0.25, 0.3) is 5.91 Å². The molecule has 0 atom stereocenters. The van der Waals surface area contributed by atoms with Crippen LogP contribution in [-0.2, 0) is 16.1 Å². The largest absolute Gasteiger partial charge is 0.489 e. The number of hydrogen-bond donors (Lipinski definition) is 1. The molecule has 0 unspecified atom stereocenters. The van der Waals surface area contributed by atoms with Crippen LogP contribution in [-0.4, -0.2) is 18.5 Å². The van der Waals surface area contributed by atoms with E-state index in [2.05, 4.69) is 5.32 Å². The zero-order valence-electron chi connectivity index (χ0n) is 15.2. The third kappa shape index (κ3) is 5.80. The van der Waals surface area contributed by atoms with Crippen molar-refractivity contribution in [1.29, 1.82) is 0 Å². The minimum Gasteiger partial charge on any atom is -0.489 e. The molecule has 29 heavy (non-hydrogen) atoms. The Morgan fingerprint density at radius 2 is 1.69 bits per heavy atom. The maximum absolute atomic E-state index is 13.1. The molecule has 1 amide bonds. The highest BCUT2D eigenvalue weighted by Gasteiger charge is 2.15. The first-order valence-electron chi connectivity index (χ1n) is 8.70. The first kappa shape index (κ1) is 20.4. The summed E-state index contributed by atoms with van der Waals surface area (Å²) in [5.41, 5.74) is 1.16. The number of nitrogens with one attached hydrogen (secondary N) is 1. The number of esters is 1. The van der Waals surface area contributed by atoms with Gasteiger partial charge in [-0.05, 0) is 36.4 Å². The van der Waals surface area contributed by atoms with E-state index in [-0.39, 0.29) is 17.3 Å². The number of anilines is 1. The van der Waals surface area contributed by atoms with E-state index in [1.54, 1.807) is 24.3 Å². The van der Waals surface area contributed by atoms with Gasteiger partial charge in [0.1, 0.15) is 18.2 Å². The van der Waals surface area contributed by atoms with E-state index in [1.807, 2.05) is 30.3 Å². The molecule has 148 valence electrons. The molecule has 3 aromatic carbocycles. The highest BCUT2D eigenvalue weighted by atomic mass is 35.5. The van der Waals surface area contributed by atoms with E-state index in [0.717, 1.165) is 12.1 Å². The number of benzene rings is 3. The fourth-order valence-corrected chi connectivity index (χ4v) is 2.72. The molecule has 0 aliphatic carbocycles. The summed E-state index contributed by atoms with van der Waals surface area (Å²) in [5, 5.41) is 2.52. The summed E-state index contributed by atoms with van der Waals surface area (Å²) in [5.74, 6) is -1.09. The zero-order valence-corrected chi connectivity index (χ0v) is 16.0. The van der Waals surface area contributed by atoms with Crippen molar-refractivity contribution in [3.8, 4) is 5.75 Å². The molecule has 0 heterocycles. The Morgan fingerprint density at radius 1 is 0.966 bits per heavy atom. The van der Waals surface area contributed by atoms with Crippen molar-refractivity contribution < 1.29 is 23.5 Å². The summed E-state index contributed by atoms with van der Waals surface area (Å²) in [6.45, 7) is -0.340. The van der Waals surface area contributed by atoms with E-state index in [1.165, 1.54) is 6.07 Å². The molecular formula is C22H17ClFNO4. The van der Waals surface area contributed by atoms with Gasteiger partial charge in [-0.15, -0.1) is 0 Å². The molecule has 0 aliphatic rings. The van der Waals surface area contributed by atoms with Crippen LogP contribution in [0.3, 0.4) is 0 Å². The molecule has 0 saturated heterocycles. The quantitative estimate of drug-likeness (QED) is 0.562. The number of carbonyl (C=O) groups is 2. The predicted molar refractivity (Wildman–Crippen MR) is 108 cm³/mol. The maximum Gasteiger partial charge on any atom is 0.339 e. The molecule has 0 aliphatic heterocycles. The van der Waals surface area contributed by atoms with Crippen LogP contribution in [0.5, 0.6) is 5.75 Å². The van der Waals surface area contributed by atoms with Gasteiger partial charge >= 0.3 is 5.97 Å². The smallest absolute Gasteiger partial charge is 0.339 e. The Bertz CT molecular complexity index is 1010. The Kier molecular flexibility index (Phi) is 6.81. The first-order chi connectivity index (χ1) is 14.0. The van der Waals surface area contributed by atoms with Crippen molar-refractivity contribution in [2.75, 3.05) is 11.9 Å². The lowest BCUT2D eigenvalue weighted by atomic mass is 10.1. The van der Waals surface area contributed by atoms with Crippen molar-refractivity contribution >= 4 is 29.2 Å². The minimum absolute atomic E-state index is 0.0492. The topological polar surface area (TPSA) is 64.6 Å². The zero-order chi connectivity index (χ0) is 20.6. The highest BCUT2D eigenvalue weighted by molar-refractivity contribution is 6.33. The van der Waals surface area contributed by atoms with Gasteiger partial charge in [0.15, 0.2) is 6.61 Å². The number of para-hydroxylation sites is 1. The van der Waals surface area contributed by atoms with Gasteiger partial charge in [-0.3, -0.25) is 4.79 Å². The molecule has 3 rings (SSSR count). The third-order valence-electron chi connectivity index (χ3n) is 3.91. The van der Waals surface area contributed by atoms with Crippen LogP contribution >= 0.6 is 11.6 Å². The van der Waals surface area contributed by atoms with Crippen LogP contribution < -0.4 is 10.1 Å². The van der Waals surface area contributed by atoms with Crippen LogP contribution in [0.2, 0.25) is 5.02 Å². The monoisotopic (exact) mass is 413 g/mol. The molecule has 7 heteroatoms. The van der Waals surface area contributed by atoms with Crippen LogP contribution in [0, 0.1) is 5.82 Å². The molecule has 0 fully saturated rings. The Balaban J connectivity index is 1.58. The molecule has 3 aromatic rings. The van der Waals surface area contributed by atoms with Gasteiger partial charge in [0, 0.05) is 5.56 Å². The third-order valence-corrected chi connectivity index (χ3v) is 4.23. The number of rotatable bonds is 7. The van der Waals surface area contributed by atoms with Gasteiger partial charge in [-0.25, -0.2) is 9.18 Å². The van der Waals surface area contributed by atoms with Gasteiger partial charge in [-0.2, -0.15) is 0 Å². The lowest BCUT2D eigenvalue weighted by Gasteiger charge is -2.11. The molecule has 0 aromatic heterocycles. The maximum atomic E-state index is 13.1. The SMILES string of the molecule is O=C(COC(=O)c1ccccc1COc1ccccc1)Nc1ccc(F)cc1Cl. The van der Waals surface area contributed by atoms with Crippen LogP contribution in [0.25, 0.3) is 0 Å². The number of amides is 1. The van der Waals surface area contributed by atoms with Crippen LogP contribution in [0.1, 0.15) is 15.9 Å². The highest BCUT2D eigenvalue weighted by Crippen LogP contribution is 2.22. The van der Waals surface area contributed by atoms with Gasteiger partial charge in [0.05, 0.1) is 16.3 Å². The van der Waals surface area contributed by atoms with E-state index in [4.69, 9.17) is 21.1 Å². The summed E-state index contributed by atoms with van der Waals surface area (Å²) in [6.07, 6.45) is 0. The molecule has 1 N–H and O–H groups in total. The normalized spacial score (nSPS) is 10.3. The van der Waals surface area contributed by atoms with Crippen molar-refractivity contribution in [1.82, 2.24) is 0 Å². The molecule has 0 radical (unpaired) electrons. The number of carbonyl (C=O) groups excluding carboxylic acids is 2. The lowest BCUT2D eigenvalue weighted by Crippen LogP contribution is -2.21. The van der Waals surface area contributed by atoms with E-state index in [0.29, 0.717) is 16.9 Å². The fourth-order valence-electron chi connectivity index (χ4n) is 2.51. The van der Waals surface area contributed by atoms with E-state index >= 15 is 0 Å². The van der Waals surface area contributed by atoms with Crippen LogP contribution in [0.15, 0.2) is 72.8 Å². The van der Waals surface area contributed by atoms with Crippen molar-refractivity contribution in [3.63, 3.8) is 0 Å². The average molecular weight is 414 g/mol. The number of hydrogen-bond acceptors (Lipinski definition) is 4. The minimum atomic E-state index is -0.655. The van der Waals surface area contributed by atoms with Crippen molar-refractivity contribution in [2.24, 2.45) is 0 Å². The number of ether oxygens (including phenoxy) is 2. The van der Waals surface area contributed by atoms with Crippen LogP contribution in [0.4, 0.5) is 10.1 Å². The second-order valence-electron chi connectivity index (χ2n) is 6.01. The molecule has 5 nitrogen and oxygen atoms in total. The summed E-state index contributed by atoms with van der Waals surface area (Å²) >= 11 is 5.86. The van der Waals surface area contributed by atoms with E-state index < -0.39 is 24.3 Å². The van der Waals surface area contributed by atoms with Gasteiger partial charge in [-0.1, -0.05) is 48.0 Å². The Labute approximate surface area is 172 Å². The molecule has 0 bridgehead atoms. The first-order valence-corrected chi connectivity index (χ1v) is 9.08. The lowest BCUT2D eigenvalue weighted by molar-refractivity contribution is -0.119. The molecule has 0 spiro atoms. The summed E-state index contributed by atoms with van der Waals surface area (Å²) in [4.78, 5) is 24.4. The van der Waals surface area contributed by atoms with Gasteiger partial charge < -0.3 is 14.8 Å². The second-order valence-corrected chi connectivity index (χ2v) is 6.41. The Hall–Kier alpha value is -3.38. The second kappa shape index (κ2) is 9.71. The number of halogens is 2. The summed E-state index contributed by atoms with van der Waals surface area (Å²) in [7, 11) is 0. The summed E-state index contributed by atoms with van der Waals surface area (Å²) in [6, 6.07) is 19.6. The Morgan fingerprint density at radius 3 is 2.45 bits per heavy atom. The fraction of sp³-hybridized carbons (Fsp3) is 0.0909. The van der Waals surface area contributed by atoms with E-state index in [9.17, 15) is 14.0 Å². The molecular weight excluding hydrogens is 397 g/mol. The molecule has 0 saturated carbocycles.